The van der Waals surface area contributed by atoms with E-state index in [1.807, 2.05) is 0 Å². The Kier molecular flexibility index (Phi) is 7.66. The summed E-state index contributed by atoms with van der Waals surface area (Å²) in [4.78, 5) is 20.2. The molecule has 0 spiro atoms. The van der Waals surface area contributed by atoms with Crippen molar-refractivity contribution in [1.82, 2.24) is 4.90 Å². The Morgan fingerprint density at radius 2 is 1.73 bits per heavy atom. The highest BCUT2D eigenvalue weighted by atomic mass is 19.4. The monoisotopic (exact) mass is 516 g/mol. The second-order valence-corrected chi connectivity index (χ2v) is 8.40. The molecule has 4 rings (SSSR count). The highest BCUT2D eigenvalue weighted by Gasteiger charge is 2.31. The molecule has 0 saturated carbocycles. The first-order chi connectivity index (χ1) is 17.7. The predicted octanol–water partition coefficient (Wildman–Crippen LogP) is 5.70. The van der Waals surface area contributed by atoms with Crippen LogP contribution in [-0.4, -0.2) is 43.4 Å². The average Bonchev–Trinajstić information content (AvgIpc) is 3.36. The molecular weight excluding hydrogens is 492 g/mol. The highest BCUT2D eigenvalue weighted by molar-refractivity contribution is 6.02. The van der Waals surface area contributed by atoms with Crippen LogP contribution in [0.15, 0.2) is 71.9 Å². The van der Waals surface area contributed by atoms with Gasteiger partial charge in [-0.25, -0.2) is 4.39 Å². The summed E-state index contributed by atoms with van der Waals surface area (Å²) in [7, 11) is 3.05. The van der Waals surface area contributed by atoms with Crippen LogP contribution in [-0.2, 0) is 17.6 Å². The number of methoxy groups -OCH3 is 2. The number of alkyl halides is 3. The van der Waals surface area contributed by atoms with Crippen molar-refractivity contribution in [1.29, 1.82) is 0 Å². The Morgan fingerprint density at radius 3 is 2.38 bits per heavy atom. The van der Waals surface area contributed by atoms with Gasteiger partial charge < -0.3 is 19.2 Å². The summed E-state index contributed by atoms with van der Waals surface area (Å²) in [6, 6.07) is 15.3. The Balaban J connectivity index is 1.53. The van der Waals surface area contributed by atoms with Gasteiger partial charge >= 0.3 is 6.18 Å². The second-order valence-electron chi connectivity index (χ2n) is 8.40. The summed E-state index contributed by atoms with van der Waals surface area (Å²) in [5.74, 6) is -0.231. The highest BCUT2D eigenvalue weighted by Crippen LogP contribution is 2.31. The lowest BCUT2D eigenvalue weighted by Crippen LogP contribution is -2.37. The topological polar surface area (TPSA) is 60.4 Å². The van der Waals surface area contributed by atoms with Crippen molar-refractivity contribution in [2.45, 2.75) is 25.2 Å². The zero-order chi connectivity index (χ0) is 26.6. The number of hydrogen-bond acceptors (Lipinski definition) is 5. The van der Waals surface area contributed by atoms with Gasteiger partial charge in [0.15, 0.2) is 17.6 Å². The predicted molar refractivity (Wildman–Crippen MR) is 128 cm³/mol. The largest absolute Gasteiger partial charge is 0.493 e. The molecule has 0 aromatic heterocycles. The summed E-state index contributed by atoms with van der Waals surface area (Å²) < 4.78 is 63.9. The first-order valence-electron chi connectivity index (χ1n) is 11.3. The quantitative estimate of drug-likeness (QED) is 0.361. The average molecular weight is 516 g/mol. The van der Waals surface area contributed by atoms with Crippen LogP contribution in [0.3, 0.4) is 0 Å². The van der Waals surface area contributed by atoms with Gasteiger partial charge in [-0.15, -0.1) is 0 Å². The first-order valence-corrected chi connectivity index (χ1v) is 11.3. The lowest BCUT2D eigenvalue weighted by molar-refractivity contribution is -0.137. The molecule has 0 radical (unpaired) electrons. The molecule has 6 nitrogen and oxygen atoms in total. The van der Waals surface area contributed by atoms with Crippen LogP contribution in [0, 0.1) is 5.82 Å². The number of carbonyl (C=O) groups excluding carboxylic acids is 1. The molecule has 0 saturated heterocycles. The molecule has 1 amide bonds. The molecule has 1 atom stereocenters. The maximum Gasteiger partial charge on any atom is 0.416 e. The van der Waals surface area contributed by atoms with E-state index >= 15 is 0 Å². The van der Waals surface area contributed by atoms with E-state index in [9.17, 15) is 22.4 Å². The van der Waals surface area contributed by atoms with Gasteiger partial charge in [0.1, 0.15) is 5.82 Å². The van der Waals surface area contributed by atoms with Gasteiger partial charge in [0.25, 0.3) is 5.91 Å². The standard InChI is InChI=1S/C27H24F4N2O4/c1-35-24-12-9-18(13-25(24)36-2)23-14-20(37-32-23)16-33(26(34)21-5-3-4-6-22(21)28)15-17-7-10-19(11-8-17)27(29,30)31/h3-13,20H,14-16H2,1-2H3. The van der Waals surface area contributed by atoms with Crippen molar-refractivity contribution in [3.63, 3.8) is 0 Å². The van der Waals surface area contributed by atoms with Crippen LogP contribution < -0.4 is 9.47 Å². The van der Waals surface area contributed by atoms with Crippen LogP contribution in [0.1, 0.15) is 33.5 Å². The molecule has 10 heteroatoms. The SMILES string of the molecule is COc1ccc(C2=NOC(CN(Cc3ccc(C(F)(F)F)cc3)C(=O)c3ccccc3F)C2)cc1OC. The molecule has 37 heavy (non-hydrogen) atoms. The van der Waals surface area contributed by atoms with Crippen LogP contribution in [0.5, 0.6) is 11.5 Å². The molecule has 1 heterocycles. The van der Waals surface area contributed by atoms with Crippen LogP contribution >= 0.6 is 0 Å². The first kappa shape index (κ1) is 26.0. The fourth-order valence-corrected chi connectivity index (χ4v) is 4.00. The molecule has 194 valence electrons. The van der Waals surface area contributed by atoms with Gasteiger partial charge in [-0.1, -0.05) is 29.4 Å². The smallest absolute Gasteiger partial charge is 0.416 e. The van der Waals surface area contributed by atoms with E-state index in [1.54, 1.807) is 18.2 Å². The fourth-order valence-electron chi connectivity index (χ4n) is 4.00. The number of oxime groups is 1. The Hall–Kier alpha value is -4.08. The zero-order valence-electron chi connectivity index (χ0n) is 20.1. The number of rotatable bonds is 8. The maximum absolute atomic E-state index is 14.4. The third kappa shape index (κ3) is 6.02. The Labute approximate surface area is 211 Å². The van der Waals surface area contributed by atoms with E-state index in [4.69, 9.17) is 14.3 Å². The zero-order valence-corrected chi connectivity index (χ0v) is 20.1. The molecular formula is C27H24F4N2O4. The molecule has 1 aliphatic heterocycles. The van der Waals surface area contributed by atoms with Crippen molar-refractivity contribution in [3.8, 4) is 11.5 Å². The van der Waals surface area contributed by atoms with Crippen LogP contribution in [0.25, 0.3) is 0 Å². The summed E-state index contributed by atoms with van der Waals surface area (Å²) in [5.41, 5.74) is 0.883. The minimum Gasteiger partial charge on any atom is -0.493 e. The Morgan fingerprint density at radius 1 is 1.03 bits per heavy atom. The van der Waals surface area contributed by atoms with E-state index < -0.39 is 29.6 Å². The third-order valence-electron chi connectivity index (χ3n) is 5.92. The lowest BCUT2D eigenvalue weighted by Gasteiger charge is -2.25. The van der Waals surface area contributed by atoms with Crippen LogP contribution in [0.2, 0.25) is 0 Å². The van der Waals surface area contributed by atoms with Gasteiger partial charge in [-0.05, 0) is 48.0 Å². The molecule has 0 fully saturated rings. The summed E-state index contributed by atoms with van der Waals surface area (Å²) in [6.45, 7) is -0.00859. The van der Waals surface area contributed by atoms with E-state index in [1.165, 1.54) is 55.5 Å². The number of amides is 1. The number of ether oxygens (including phenoxy) is 2. The molecule has 3 aromatic carbocycles. The molecule has 0 aliphatic carbocycles. The van der Waals surface area contributed by atoms with E-state index in [0.29, 0.717) is 29.2 Å². The molecule has 0 bridgehead atoms. The van der Waals surface area contributed by atoms with Crippen LogP contribution in [0.4, 0.5) is 17.6 Å². The number of benzene rings is 3. The van der Waals surface area contributed by atoms with Crippen molar-refractivity contribution in [2.24, 2.45) is 5.16 Å². The van der Waals surface area contributed by atoms with Crippen molar-refractivity contribution >= 4 is 11.6 Å². The van der Waals surface area contributed by atoms with Gasteiger partial charge in [0.2, 0.25) is 0 Å². The van der Waals surface area contributed by atoms with Crippen molar-refractivity contribution < 1.29 is 36.7 Å². The molecule has 3 aromatic rings. The Bertz CT molecular complexity index is 1290. The minimum atomic E-state index is -4.48. The van der Waals surface area contributed by atoms with Gasteiger partial charge in [0, 0.05) is 18.5 Å². The van der Waals surface area contributed by atoms with E-state index in [2.05, 4.69) is 5.16 Å². The number of hydrogen-bond donors (Lipinski definition) is 0. The van der Waals surface area contributed by atoms with Crippen molar-refractivity contribution in [2.75, 3.05) is 20.8 Å². The number of nitrogens with zero attached hydrogens (tertiary/aromatic N) is 2. The molecule has 1 unspecified atom stereocenters. The molecule has 0 N–H and O–H groups in total. The maximum atomic E-state index is 14.4. The second kappa shape index (κ2) is 10.9. The van der Waals surface area contributed by atoms with E-state index in [-0.39, 0.29) is 18.7 Å². The molecule has 1 aliphatic rings. The summed E-state index contributed by atoms with van der Waals surface area (Å²) >= 11 is 0. The number of carbonyl (C=O) groups is 1. The fraction of sp³-hybridized carbons (Fsp3) is 0.259. The lowest BCUT2D eigenvalue weighted by atomic mass is 10.0. The van der Waals surface area contributed by atoms with Gasteiger partial charge in [0.05, 0.1) is 37.6 Å². The normalized spacial score (nSPS) is 15.1. The minimum absolute atomic E-state index is 0.0362. The number of halogens is 4. The summed E-state index contributed by atoms with van der Waals surface area (Å²) in [5, 5.41) is 4.15. The van der Waals surface area contributed by atoms with Gasteiger partial charge in [-0.2, -0.15) is 13.2 Å². The third-order valence-corrected chi connectivity index (χ3v) is 5.92. The summed E-state index contributed by atoms with van der Waals surface area (Å²) in [6.07, 6.45) is -4.67. The van der Waals surface area contributed by atoms with E-state index in [0.717, 1.165) is 17.7 Å². The van der Waals surface area contributed by atoms with Gasteiger partial charge in [-0.3, -0.25) is 4.79 Å². The van der Waals surface area contributed by atoms with Crippen molar-refractivity contribution in [3.05, 3.63) is 94.8 Å².